The molecule has 3 heteroatoms. The highest BCUT2D eigenvalue weighted by Gasteiger charge is 2.25. The molecule has 3 nitrogen and oxygen atoms in total. The number of ether oxygens (including phenoxy) is 1. The van der Waals surface area contributed by atoms with E-state index >= 15 is 0 Å². The molecule has 1 atom stereocenters. The highest BCUT2D eigenvalue weighted by atomic mass is 16.5. The molecular weight excluding hydrogens is 192 g/mol. The Bertz CT molecular complexity index is 326. The van der Waals surface area contributed by atoms with E-state index in [0.717, 1.165) is 24.0 Å². The standard InChI is InChI=1S/C12H16O3/c1-8(15-3)6-10-4-5-11(9(10)2)7-12(13)14/h6,11H,1-2,4-5,7H2,3H3,(H,13,14)/b10-6-. The fourth-order valence-corrected chi connectivity index (χ4v) is 1.78. The summed E-state index contributed by atoms with van der Waals surface area (Å²) in [5.41, 5.74) is 1.98. The minimum absolute atomic E-state index is 0.0680. The van der Waals surface area contributed by atoms with Gasteiger partial charge in [-0.25, -0.2) is 0 Å². The van der Waals surface area contributed by atoms with Gasteiger partial charge in [0.2, 0.25) is 0 Å². The van der Waals surface area contributed by atoms with Gasteiger partial charge in [0.05, 0.1) is 13.5 Å². The molecule has 1 aliphatic carbocycles. The van der Waals surface area contributed by atoms with Crippen LogP contribution in [0.1, 0.15) is 19.3 Å². The molecule has 1 aliphatic rings. The second-order valence-corrected chi connectivity index (χ2v) is 3.70. The predicted octanol–water partition coefficient (Wildman–Crippen LogP) is 2.51. The molecule has 0 amide bonds. The summed E-state index contributed by atoms with van der Waals surface area (Å²) >= 11 is 0. The number of carboxylic acids is 1. The van der Waals surface area contributed by atoms with E-state index in [1.165, 1.54) is 0 Å². The van der Waals surface area contributed by atoms with Crippen LogP contribution in [0.15, 0.2) is 36.1 Å². The van der Waals surface area contributed by atoms with Crippen molar-refractivity contribution in [1.82, 2.24) is 0 Å². The molecule has 0 heterocycles. The minimum Gasteiger partial charge on any atom is -0.497 e. The Morgan fingerprint density at radius 2 is 2.40 bits per heavy atom. The predicted molar refractivity (Wildman–Crippen MR) is 58.3 cm³/mol. The summed E-state index contributed by atoms with van der Waals surface area (Å²) in [6, 6.07) is 0. The molecule has 0 aromatic carbocycles. The molecule has 0 spiro atoms. The zero-order valence-corrected chi connectivity index (χ0v) is 8.95. The molecular formula is C12H16O3. The Hall–Kier alpha value is -1.51. The maximum Gasteiger partial charge on any atom is 0.303 e. The number of aliphatic carboxylic acids is 1. The fraction of sp³-hybridized carbons (Fsp3) is 0.417. The summed E-state index contributed by atoms with van der Waals surface area (Å²) in [4.78, 5) is 10.6. The zero-order chi connectivity index (χ0) is 11.4. The Kier molecular flexibility index (Phi) is 3.72. The van der Waals surface area contributed by atoms with Crippen molar-refractivity contribution in [2.75, 3.05) is 7.11 Å². The van der Waals surface area contributed by atoms with Crippen molar-refractivity contribution in [2.45, 2.75) is 19.3 Å². The molecule has 1 unspecified atom stereocenters. The van der Waals surface area contributed by atoms with Crippen LogP contribution in [-0.2, 0) is 9.53 Å². The lowest BCUT2D eigenvalue weighted by molar-refractivity contribution is -0.137. The van der Waals surface area contributed by atoms with Crippen LogP contribution >= 0.6 is 0 Å². The van der Waals surface area contributed by atoms with Gasteiger partial charge < -0.3 is 9.84 Å². The number of carbonyl (C=O) groups is 1. The van der Waals surface area contributed by atoms with Gasteiger partial charge >= 0.3 is 5.97 Å². The quantitative estimate of drug-likeness (QED) is 0.722. The van der Waals surface area contributed by atoms with Crippen molar-refractivity contribution in [2.24, 2.45) is 5.92 Å². The molecule has 0 aromatic heterocycles. The van der Waals surface area contributed by atoms with Gasteiger partial charge in [0, 0.05) is 0 Å². The van der Waals surface area contributed by atoms with Crippen molar-refractivity contribution < 1.29 is 14.6 Å². The minimum atomic E-state index is -0.770. The first-order valence-electron chi connectivity index (χ1n) is 4.89. The van der Waals surface area contributed by atoms with Gasteiger partial charge in [0.15, 0.2) is 0 Å². The second-order valence-electron chi connectivity index (χ2n) is 3.70. The van der Waals surface area contributed by atoms with E-state index in [0.29, 0.717) is 5.76 Å². The third-order valence-corrected chi connectivity index (χ3v) is 2.69. The summed E-state index contributed by atoms with van der Waals surface area (Å²) in [6.45, 7) is 7.63. The van der Waals surface area contributed by atoms with E-state index in [1.54, 1.807) is 7.11 Å². The van der Waals surface area contributed by atoms with Gasteiger partial charge in [-0.3, -0.25) is 4.79 Å². The van der Waals surface area contributed by atoms with E-state index < -0.39 is 5.97 Å². The molecule has 1 saturated carbocycles. The van der Waals surface area contributed by atoms with Gasteiger partial charge in [-0.05, 0) is 36.0 Å². The Labute approximate surface area is 89.7 Å². The molecule has 0 radical (unpaired) electrons. The van der Waals surface area contributed by atoms with Crippen LogP contribution < -0.4 is 0 Å². The molecule has 0 aliphatic heterocycles. The molecule has 82 valence electrons. The van der Waals surface area contributed by atoms with E-state index in [4.69, 9.17) is 9.84 Å². The van der Waals surface area contributed by atoms with Crippen LogP contribution in [0.4, 0.5) is 0 Å². The van der Waals surface area contributed by atoms with Gasteiger partial charge in [0.1, 0.15) is 5.76 Å². The summed E-state index contributed by atoms with van der Waals surface area (Å²) in [5, 5.41) is 8.70. The van der Waals surface area contributed by atoms with Crippen LogP contribution in [0.5, 0.6) is 0 Å². The topological polar surface area (TPSA) is 46.5 Å². The van der Waals surface area contributed by atoms with Crippen LogP contribution in [0.25, 0.3) is 0 Å². The van der Waals surface area contributed by atoms with Crippen molar-refractivity contribution in [1.29, 1.82) is 0 Å². The van der Waals surface area contributed by atoms with Crippen molar-refractivity contribution in [3.05, 3.63) is 36.1 Å². The highest BCUT2D eigenvalue weighted by molar-refractivity contribution is 5.68. The van der Waals surface area contributed by atoms with Crippen molar-refractivity contribution in [3.8, 4) is 0 Å². The number of carboxylic acid groups (broad SMARTS) is 1. The number of rotatable bonds is 4. The average Bonchev–Trinajstić information content (AvgIpc) is 2.49. The smallest absolute Gasteiger partial charge is 0.303 e. The maximum absolute atomic E-state index is 10.6. The molecule has 0 saturated heterocycles. The molecule has 15 heavy (non-hydrogen) atoms. The number of hydrogen-bond acceptors (Lipinski definition) is 2. The van der Waals surface area contributed by atoms with Gasteiger partial charge in [0.25, 0.3) is 0 Å². The van der Waals surface area contributed by atoms with Gasteiger partial charge in [-0.2, -0.15) is 0 Å². The first-order valence-corrected chi connectivity index (χ1v) is 4.89. The molecule has 1 N–H and O–H groups in total. The first-order chi connectivity index (χ1) is 7.04. The molecule has 1 rings (SSSR count). The first kappa shape index (κ1) is 11.6. The fourth-order valence-electron chi connectivity index (χ4n) is 1.78. The highest BCUT2D eigenvalue weighted by Crippen LogP contribution is 2.37. The third kappa shape index (κ3) is 2.98. The van der Waals surface area contributed by atoms with E-state index in [-0.39, 0.29) is 12.3 Å². The van der Waals surface area contributed by atoms with Gasteiger partial charge in [-0.15, -0.1) is 0 Å². The van der Waals surface area contributed by atoms with Gasteiger partial charge in [-0.1, -0.05) is 13.2 Å². The Morgan fingerprint density at radius 1 is 1.73 bits per heavy atom. The van der Waals surface area contributed by atoms with Crippen LogP contribution in [0.3, 0.4) is 0 Å². The summed E-state index contributed by atoms with van der Waals surface area (Å²) in [7, 11) is 1.56. The SMILES string of the molecule is C=C(/C=C1/CCC(CC(=O)O)C1=C)OC. The number of methoxy groups -OCH3 is 1. The zero-order valence-electron chi connectivity index (χ0n) is 8.95. The number of allylic oxidation sites excluding steroid dienone is 3. The monoisotopic (exact) mass is 208 g/mol. The summed E-state index contributed by atoms with van der Waals surface area (Å²) in [6.07, 6.45) is 3.72. The largest absolute Gasteiger partial charge is 0.497 e. The lowest BCUT2D eigenvalue weighted by Gasteiger charge is -2.07. The Morgan fingerprint density at radius 3 is 2.93 bits per heavy atom. The average molecular weight is 208 g/mol. The van der Waals surface area contributed by atoms with Crippen molar-refractivity contribution >= 4 is 5.97 Å². The van der Waals surface area contributed by atoms with E-state index in [9.17, 15) is 4.79 Å². The normalized spacial score (nSPS) is 23.1. The van der Waals surface area contributed by atoms with E-state index in [1.807, 2.05) is 6.08 Å². The van der Waals surface area contributed by atoms with Crippen LogP contribution in [0, 0.1) is 5.92 Å². The Balaban J connectivity index is 2.67. The summed E-state index contributed by atoms with van der Waals surface area (Å²) < 4.78 is 4.95. The van der Waals surface area contributed by atoms with Crippen LogP contribution in [0.2, 0.25) is 0 Å². The third-order valence-electron chi connectivity index (χ3n) is 2.69. The van der Waals surface area contributed by atoms with E-state index in [2.05, 4.69) is 13.2 Å². The summed E-state index contributed by atoms with van der Waals surface area (Å²) in [5.74, 6) is -0.117. The number of hydrogen-bond donors (Lipinski definition) is 1. The van der Waals surface area contributed by atoms with Crippen LogP contribution in [-0.4, -0.2) is 18.2 Å². The lowest BCUT2D eigenvalue weighted by Crippen LogP contribution is -2.05. The second kappa shape index (κ2) is 4.82. The molecule has 0 aromatic rings. The molecule has 1 fully saturated rings. The van der Waals surface area contributed by atoms with Crippen molar-refractivity contribution in [3.63, 3.8) is 0 Å². The lowest BCUT2D eigenvalue weighted by atomic mass is 9.99. The molecule has 0 bridgehead atoms. The maximum atomic E-state index is 10.6.